The molecule has 2 saturated heterocycles. The van der Waals surface area contributed by atoms with E-state index >= 15 is 0 Å². The number of thiocarbonyl (C=S) groups is 1. The number of likely N-dealkylation sites (tertiary alicyclic amines) is 1. The number of thioether (sulfide) groups is 1. The summed E-state index contributed by atoms with van der Waals surface area (Å²) in [7, 11) is 0. The van der Waals surface area contributed by atoms with Gasteiger partial charge in [0, 0.05) is 19.5 Å². The second kappa shape index (κ2) is 7.79. The summed E-state index contributed by atoms with van der Waals surface area (Å²) >= 11 is 6.84. The van der Waals surface area contributed by atoms with Crippen molar-refractivity contribution >= 4 is 45.3 Å². The summed E-state index contributed by atoms with van der Waals surface area (Å²) in [6.45, 7) is 5.23. The van der Waals surface area contributed by atoms with Gasteiger partial charge in [0.2, 0.25) is 5.91 Å². The van der Waals surface area contributed by atoms with E-state index in [-0.39, 0.29) is 17.8 Å². The predicted octanol–water partition coefficient (Wildman–Crippen LogP) is 1.45. The van der Waals surface area contributed by atoms with Gasteiger partial charge in [-0.15, -0.1) is 0 Å². The summed E-state index contributed by atoms with van der Waals surface area (Å²) < 4.78 is 5.87. The Kier molecular flexibility index (Phi) is 5.72. The van der Waals surface area contributed by atoms with E-state index in [0.29, 0.717) is 35.7 Å². The zero-order valence-corrected chi connectivity index (χ0v) is 15.4. The Balaban J connectivity index is 1.64. The molecule has 132 valence electrons. The molecular formula is C15H22N4O3S2. The van der Waals surface area contributed by atoms with Gasteiger partial charge < -0.3 is 4.74 Å². The summed E-state index contributed by atoms with van der Waals surface area (Å²) in [4.78, 5) is 30.0. The lowest BCUT2D eigenvalue weighted by atomic mass is 9.98. The van der Waals surface area contributed by atoms with E-state index in [0.717, 1.165) is 32.4 Å². The average Bonchev–Trinajstić information content (AvgIpc) is 2.72. The van der Waals surface area contributed by atoms with Gasteiger partial charge in [-0.3, -0.25) is 24.5 Å². The second-order valence-corrected chi connectivity index (χ2v) is 7.69. The van der Waals surface area contributed by atoms with Crippen LogP contribution in [-0.4, -0.2) is 69.2 Å². The number of hydrogen-bond donors (Lipinski definition) is 0. The van der Waals surface area contributed by atoms with E-state index in [1.165, 1.54) is 11.8 Å². The number of carbonyl (C=O) groups is 2. The van der Waals surface area contributed by atoms with Gasteiger partial charge in [0.1, 0.15) is 0 Å². The summed E-state index contributed by atoms with van der Waals surface area (Å²) in [5, 5.41) is 4.69. The average molecular weight is 371 g/mol. The normalized spacial score (nSPS) is 25.4. The van der Waals surface area contributed by atoms with Gasteiger partial charge in [0.25, 0.3) is 0 Å². The minimum atomic E-state index is -0.108. The van der Waals surface area contributed by atoms with Crippen molar-refractivity contribution in [3.8, 4) is 0 Å². The van der Waals surface area contributed by atoms with E-state index in [9.17, 15) is 9.59 Å². The molecule has 0 saturated carbocycles. The van der Waals surface area contributed by atoms with Crippen molar-refractivity contribution in [3.63, 3.8) is 0 Å². The highest BCUT2D eigenvalue weighted by Gasteiger charge is 2.36. The molecule has 3 aliphatic rings. The molecule has 1 atom stereocenters. The van der Waals surface area contributed by atoms with Crippen LogP contribution >= 0.6 is 24.0 Å². The van der Waals surface area contributed by atoms with Crippen LogP contribution < -0.4 is 0 Å². The van der Waals surface area contributed by atoms with Crippen LogP contribution in [0.4, 0.5) is 0 Å². The van der Waals surface area contributed by atoms with Gasteiger partial charge in [-0.25, -0.2) is 0 Å². The van der Waals surface area contributed by atoms with E-state index < -0.39 is 0 Å². The molecule has 0 aromatic carbocycles. The van der Waals surface area contributed by atoms with Gasteiger partial charge in [-0.2, -0.15) is 4.99 Å². The Labute approximate surface area is 151 Å². The summed E-state index contributed by atoms with van der Waals surface area (Å²) in [6, 6.07) is 0. The first kappa shape index (κ1) is 17.6. The van der Waals surface area contributed by atoms with Gasteiger partial charge >= 0.3 is 5.97 Å². The van der Waals surface area contributed by atoms with Crippen molar-refractivity contribution in [1.82, 2.24) is 14.9 Å². The van der Waals surface area contributed by atoms with Crippen LogP contribution in [0.5, 0.6) is 0 Å². The minimum absolute atomic E-state index is 0.0682. The number of esters is 1. The molecule has 24 heavy (non-hydrogen) atoms. The SMILES string of the molecule is CCOC(=O)C1CCCN(CN2C(=S)SC3=NC(=O)CCCN32)C1. The fourth-order valence-electron chi connectivity index (χ4n) is 3.18. The number of hydrazine groups is 1. The zero-order valence-electron chi connectivity index (χ0n) is 13.8. The first-order chi connectivity index (χ1) is 11.6. The third-order valence-electron chi connectivity index (χ3n) is 4.34. The number of nitrogens with zero attached hydrogens (tertiary/aromatic N) is 4. The maximum absolute atomic E-state index is 12.0. The van der Waals surface area contributed by atoms with Crippen LogP contribution in [0, 0.1) is 5.92 Å². The van der Waals surface area contributed by atoms with E-state index in [1.54, 1.807) is 0 Å². The molecule has 2 fully saturated rings. The highest BCUT2D eigenvalue weighted by atomic mass is 32.2. The lowest BCUT2D eigenvalue weighted by Crippen LogP contribution is -2.50. The zero-order chi connectivity index (χ0) is 17.1. The largest absolute Gasteiger partial charge is 0.466 e. The fourth-order valence-corrected chi connectivity index (χ4v) is 4.43. The van der Waals surface area contributed by atoms with Crippen molar-refractivity contribution in [2.75, 3.05) is 32.9 Å². The summed E-state index contributed by atoms with van der Waals surface area (Å²) in [6.07, 6.45) is 3.10. The third kappa shape index (κ3) is 3.89. The van der Waals surface area contributed by atoms with Crippen LogP contribution in [0.25, 0.3) is 0 Å². The number of rotatable bonds is 4. The molecule has 1 amide bonds. The Hall–Kier alpha value is -1.19. The maximum atomic E-state index is 12.0. The van der Waals surface area contributed by atoms with E-state index in [2.05, 4.69) is 9.89 Å². The lowest BCUT2D eigenvalue weighted by Gasteiger charge is -2.37. The number of amides is 1. The Morgan fingerprint density at radius 1 is 1.42 bits per heavy atom. The van der Waals surface area contributed by atoms with Crippen LogP contribution in [0.3, 0.4) is 0 Å². The highest BCUT2D eigenvalue weighted by molar-refractivity contribution is 8.33. The number of carbonyl (C=O) groups excluding carboxylic acids is 2. The number of piperidine rings is 1. The van der Waals surface area contributed by atoms with Crippen LogP contribution in [0.1, 0.15) is 32.6 Å². The monoisotopic (exact) mass is 370 g/mol. The van der Waals surface area contributed by atoms with Crippen molar-refractivity contribution in [1.29, 1.82) is 0 Å². The fraction of sp³-hybridized carbons (Fsp3) is 0.733. The van der Waals surface area contributed by atoms with Crippen LogP contribution in [0.2, 0.25) is 0 Å². The Morgan fingerprint density at radius 2 is 2.25 bits per heavy atom. The van der Waals surface area contributed by atoms with E-state index in [1.807, 2.05) is 16.9 Å². The number of fused-ring (bicyclic) bond motifs is 1. The number of amidine groups is 1. The molecule has 0 radical (unpaired) electrons. The summed E-state index contributed by atoms with van der Waals surface area (Å²) in [5.74, 6) is -0.255. The Morgan fingerprint density at radius 3 is 3.04 bits per heavy atom. The van der Waals surface area contributed by atoms with Gasteiger partial charge in [-0.05, 0) is 44.5 Å². The molecule has 3 heterocycles. The number of hydrogen-bond acceptors (Lipinski definition) is 7. The van der Waals surface area contributed by atoms with Crippen LogP contribution in [0.15, 0.2) is 4.99 Å². The molecule has 0 aromatic heterocycles. The molecule has 3 aliphatic heterocycles. The molecule has 7 nitrogen and oxygen atoms in total. The molecule has 0 bridgehead atoms. The van der Waals surface area contributed by atoms with Crippen molar-refractivity contribution < 1.29 is 14.3 Å². The summed E-state index contributed by atoms with van der Waals surface area (Å²) in [5.41, 5.74) is 0. The topological polar surface area (TPSA) is 65.5 Å². The van der Waals surface area contributed by atoms with Gasteiger partial charge in [0.05, 0.1) is 19.2 Å². The predicted molar refractivity (Wildman–Crippen MR) is 96.2 cm³/mol. The van der Waals surface area contributed by atoms with Crippen LogP contribution in [-0.2, 0) is 14.3 Å². The smallest absolute Gasteiger partial charge is 0.310 e. The molecular weight excluding hydrogens is 348 g/mol. The highest BCUT2D eigenvalue weighted by Crippen LogP contribution is 2.29. The van der Waals surface area contributed by atoms with Crippen molar-refractivity contribution in [2.45, 2.75) is 32.6 Å². The standard InChI is InChI=1S/C15H22N4O3S2/c1-2-22-13(21)11-5-3-7-17(9-11)10-19-15(23)24-14-16-12(20)6-4-8-18(14)19/h11H,2-10H2,1H3. The van der Waals surface area contributed by atoms with Crippen molar-refractivity contribution in [2.24, 2.45) is 10.9 Å². The lowest BCUT2D eigenvalue weighted by molar-refractivity contribution is -0.150. The van der Waals surface area contributed by atoms with Crippen molar-refractivity contribution in [3.05, 3.63) is 0 Å². The van der Waals surface area contributed by atoms with E-state index in [4.69, 9.17) is 17.0 Å². The molecule has 0 N–H and O–H groups in total. The minimum Gasteiger partial charge on any atom is -0.466 e. The third-order valence-corrected chi connectivity index (χ3v) is 5.67. The second-order valence-electron chi connectivity index (χ2n) is 6.09. The maximum Gasteiger partial charge on any atom is 0.310 e. The number of ether oxygens (including phenoxy) is 1. The van der Waals surface area contributed by atoms with Gasteiger partial charge in [0.15, 0.2) is 9.49 Å². The molecule has 0 aromatic rings. The molecule has 3 rings (SSSR count). The molecule has 0 spiro atoms. The molecule has 1 unspecified atom stereocenters. The molecule has 9 heteroatoms. The molecule has 0 aliphatic carbocycles. The number of aliphatic imine (C=N–C) groups is 1. The quantitative estimate of drug-likeness (QED) is 0.544. The first-order valence-corrected chi connectivity index (χ1v) is 9.58. The van der Waals surface area contributed by atoms with Gasteiger partial charge in [-0.1, -0.05) is 12.2 Å². The Bertz CT molecular complexity index is 569. The first-order valence-electron chi connectivity index (χ1n) is 8.35.